The van der Waals surface area contributed by atoms with E-state index in [9.17, 15) is 14.4 Å². The highest BCUT2D eigenvalue weighted by molar-refractivity contribution is 5.98. The van der Waals surface area contributed by atoms with E-state index in [1.165, 1.54) is 18.4 Å². The average molecular weight is 463 g/mol. The minimum atomic E-state index is -0.311. The standard InChI is InChI=1S/C27H34N4O3/c1-20-12-15-30(16-13-20)19-23-6-3-2-5-22(23)17-28-25(32)18-29-27(34)21-8-10-24(11-9-21)31-14-4-7-26(31)33/h2-3,5-6,8-11,20H,4,7,12-19H2,1H3,(H,28,32)(H,29,34). The molecule has 2 aliphatic rings. The molecule has 4 rings (SSSR count). The quantitative estimate of drug-likeness (QED) is 0.632. The van der Waals surface area contributed by atoms with Crippen LogP contribution < -0.4 is 15.5 Å². The molecule has 34 heavy (non-hydrogen) atoms. The Balaban J connectivity index is 1.24. The zero-order valence-corrected chi connectivity index (χ0v) is 19.9. The highest BCUT2D eigenvalue weighted by atomic mass is 16.2. The van der Waals surface area contributed by atoms with Crippen LogP contribution in [0, 0.1) is 5.92 Å². The van der Waals surface area contributed by atoms with E-state index in [0.29, 0.717) is 25.1 Å². The topological polar surface area (TPSA) is 81.8 Å². The molecule has 0 unspecified atom stereocenters. The van der Waals surface area contributed by atoms with Crippen LogP contribution in [0.4, 0.5) is 5.69 Å². The number of hydrogen-bond donors (Lipinski definition) is 2. The molecule has 2 saturated heterocycles. The minimum absolute atomic E-state index is 0.0859. The highest BCUT2D eigenvalue weighted by Gasteiger charge is 2.22. The molecule has 2 N–H and O–H groups in total. The van der Waals surface area contributed by atoms with Crippen molar-refractivity contribution < 1.29 is 14.4 Å². The predicted octanol–water partition coefficient (Wildman–Crippen LogP) is 3.09. The molecule has 0 spiro atoms. The van der Waals surface area contributed by atoms with Gasteiger partial charge in [-0.05, 0) is 73.7 Å². The van der Waals surface area contributed by atoms with Gasteiger partial charge in [0.05, 0.1) is 6.54 Å². The average Bonchev–Trinajstić information content (AvgIpc) is 3.29. The van der Waals surface area contributed by atoms with E-state index in [0.717, 1.165) is 43.2 Å². The van der Waals surface area contributed by atoms with Crippen LogP contribution in [-0.4, -0.2) is 48.8 Å². The first kappa shape index (κ1) is 24.0. The lowest BCUT2D eigenvalue weighted by atomic mass is 9.98. The van der Waals surface area contributed by atoms with Gasteiger partial charge in [-0.2, -0.15) is 0 Å². The second-order valence-corrected chi connectivity index (χ2v) is 9.38. The van der Waals surface area contributed by atoms with Gasteiger partial charge in [-0.3, -0.25) is 19.3 Å². The highest BCUT2D eigenvalue weighted by Crippen LogP contribution is 2.22. The number of benzene rings is 2. The largest absolute Gasteiger partial charge is 0.350 e. The van der Waals surface area contributed by atoms with Crippen LogP contribution in [0.2, 0.25) is 0 Å². The van der Waals surface area contributed by atoms with Crippen LogP contribution in [0.15, 0.2) is 48.5 Å². The molecular formula is C27H34N4O3. The Hall–Kier alpha value is -3.19. The van der Waals surface area contributed by atoms with E-state index in [-0.39, 0.29) is 24.3 Å². The monoisotopic (exact) mass is 462 g/mol. The first-order chi connectivity index (χ1) is 16.5. The number of carbonyl (C=O) groups excluding carboxylic acids is 3. The normalized spacial score (nSPS) is 17.1. The summed E-state index contributed by atoms with van der Waals surface area (Å²) in [4.78, 5) is 40.9. The Morgan fingerprint density at radius 1 is 0.941 bits per heavy atom. The van der Waals surface area contributed by atoms with Crippen molar-refractivity contribution in [2.75, 3.05) is 31.1 Å². The van der Waals surface area contributed by atoms with Crippen molar-refractivity contribution in [2.45, 2.75) is 45.7 Å². The van der Waals surface area contributed by atoms with Crippen molar-refractivity contribution in [2.24, 2.45) is 5.92 Å². The molecule has 2 heterocycles. The Labute approximate surface area is 201 Å². The molecule has 0 radical (unpaired) electrons. The molecule has 0 aliphatic carbocycles. The Bertz CT molecular complexity index is 1010. The van der Waals surface area contributed by atoms with Crippen molar-refractivity contribution in [3.05, 3.63) is 65.2 Å². The summed E-state index contributed by atoms with van der Waals surface area (Å²) in [6.45, 7) is 6.50. The molecule has 2 aliphatic heterocycles. The maximum atomic E-state index is 12.4. The molecule has 3 amide bonds. The summed E-state index contributed by atoms with van der Waals surface area (Å²) in [5.41, 5.74) is 3.60. The molecule has 2 aromatic rings. The SMILES string of the molecule is CC1CCN(Cc2ccccc2CNC(=O)CNC(=O)c2ccc(N3CCCC3=O)cc2)CC1. The third-order valence-electron chi connectivity index (χ3n) is 6.79. The van der Waals surface area contributed by atoms with Gasteiger partial charge in [0, 0.05) is 37.3 Å². The minimum Gasteiger partial charge on any atom is -0.350 e. The number of likely N-dealkylation sites (tertiary alicyclic amines) is 1. The molecule has 0 bridgehead atoms. The van der Waals surface area contributed by atoms with Crippen molar-refractivity contribution in [3.8, 4) is 0 Å². The third kappa shape index (κ3) is 6.23. The number of anilines is 1. The van der Waals surface area contributed by atoms with E-state index in [4.69, 9.17) is 0 Å². The third-order valence-corrected chi connectivity index (χ3v) is 6.79. The summed E-state index contributed by atoms with van der Waals surface area (Å²) >= 11 is 0. The first-order valence-corrected chi connectivity index (χ1v) is 12.2. The lowest BCUT2D eigenvalue weighted by molar-refractivity contribution is -0.120. The summed E-state index contributed by atoms with van der Waals surface area (Å²) in [6, 6.07) is 15.1. The van der Waals surface area contributed by atoms with Crippen LogP contribution >= 0.6 is 0 Å². The summed E-state index contributed by atoms with van der Waals surface area (Å²) in [7, 11) is 0. The lowest BCUT2D eigenvalue weighted by Crippen LogP contribution is -2.37. The summed E-state index contributed by atoms with van der Waals surface area (Å²) < 4.78 is 0. The van der Waals surface area contributed by atoms with Gasteiger partial charge in [0.25, 0.3) is 5.91 Å². The van der Waals surface area contributed by atoms with Crippen LogP contribution in [0.25, 0.3) is 0 Å². The second-order valence-electron chi connectivity index (χ2n) is 9.38. The van der Waals surface area contributed by atoms with Gasteiger partial charge < -0.3 is 15.5 Å². The second kappa shape index (κ2) is 11.3. The Morgan fingerprint density at radius 3 is 2.32 bits per heavy atom. The fraction of sp³-hybridized carbons (Fsp3) is 0.444. The summed E-state index contributed by atoms with van der Waals surface area (Å²) in [5, 5.41) is 5.60. The van der Waals surface area contributed by atoms with Crippen molar-refractivity contribution in [1.82, 2.24) is 15.5 Å². The fourth-order valence-electron chi connectivity index (χ4n) is 4.58. The maximum Gasteiger partial charge on any atom is 0.251 e. The molecule has 0 saturated carbocycles. The number of piperidine rings is 1. The molecular weight excluding hydrogens is 428 g/mol. The molecule has 7 nitrogen and oxygen atoms in total. The van der Waals surface area contributed by atoms with Crippen molar-refractivity contribution in [1.29, 1.82) is 0 Å². The molecule has 180 valence electrons. The van der Waals surface area contributed by atoms with Gasteiger partial charge in [0.2, 0.25) is 11.8 Å². The predicted molar refractivity (Wildman–Crippen MR) is 132 cm³/mol. The van der Waals surface area contributed by atoms with E-state index >= 15 is 0 Å². The van der Waals surface area contributed by atoms with Crippen LogP contribution in [-0.2, 0) is 22.7 Å². The Kier molecular flexibility index (Phi) is 7.95. The molecule has 0 atom stereocenters. The van der Waals surface area contributed by atoms with Crippen LogP contribution in [0.1, 0.15) is 54.1 Å². The molecule has 2 aromatic carbocycles. The number of carbonyl (C=O) groups is 3. The Morgan fingerprint density at radius 2 is 1.65 bits per heavy atom. The molecule has 7 heteroatoms. The first-order valence-electron chi connectivity index (χ1n) is 12.2. The number of nitrogens with one attached hydrogen (secondary N) is 2. The van der Waals surface area contributed by atoms with Gasteiger partial charge in [0.1, 0.15) is 0 Å². The number of rotatable bonds is 8. The zero-order chi connectivity index (χ0) is 23.9. The number of amides is 3. The van der Waals surface area contributed by atoms with E-state index in [1.807, 2.05) is 18.2 Å². The van der Waals surface area contributed by atoms with Gasteiger partial charge in [-0.15, -0.1) is 0 Å². The summed E-state index contributed by atoms with van der Waals surface area (Å²) in [5.74, 6) is 0.373. The lowest BCUT2D eigenvalue weighted by Gasteiger charge is -2.30. The fourth-order valence-corrected chi connectivity index (χ4v) is 4.58. The van der Waals surface area contributed by atoms with Gasteiger partial charge in [-0.1, -0.05) is 31.2 Å². The van der Waals surface area contributed by atoms with Crippen molar-refractivity contribution in [3.63, 3.8) is 0 Å². The molecule has 2 fully saturated rings. The van der Waals surface area contributed by atoms with E-state index in [1.54, 1.807) is 29.2 Å². The summed E-state index contributed by atoms with van der Waals surface area (Å²) in [6.07, 6.45) is 3.90. The zero-order valence-electron chi connectivity index (χ0n) is 19.9. The number of hydrogen-bond acceptors (Lipinski definition) is 4. The smallest absolute Gasteiger partial charge is 0.251 e. The maximum absolute atomic E-state index is 12.4. The van der Waals surface area contributed by atoms with Crippen LogP contribution in [0.3, 0.4) is 0 Å². The van der Waals surface area contributed by atoms with Gasteiger partial charge in [0.15, 0.2) is 0 Å². The van der Waals surface area contributed by atoms with Gasteiger partial charge in [-0.25, -0.2) is 0 Å². The van der Waals surface area contributed by atoms with E-state index < -0.39 is 0 Å². The van der Waals surface area contributed by atoms with Crippen LogP contribution in [0.5, 0.6) is 0 Å². The number of nitrogens with zero attached hydrogens (tertiary/aromatic N) is 2. The molecule has 0 aromatic heterocycles. The van der Waals surface area contributed by atoms with Gasteiger partial charge >= 0.3 is 0 Å². The van der Waals surface area contributed by atoms with Crippen molar-refractivity contribution >= 4 is 23.4 Å². The van der Waals surface area contributed by atoms with E-state index in [2.05, 4.69) is 28.5 Å².